The second kappa shape index (κ2) is 3.93. The van der Waals surface area contributed by atoms with Crippen molar-refractivity contribution >= 4 is 15.8 Å². The van der Waals surface area contributed by atoms with Crippen molar-refractivity contribution in [2.24, 2.45) is 5.92 Å². The van der Waals surface area contributed by atoms with Crippen molar-refractivity contribution in [2.75, 3.05) is 11.5 Å². The number of aromatic nitrogens is 1. The minimum Gasteiger partial charge on any atom is -0.477 e. The molecule has 1 saturated heterocycles. The van der Waals surface area contributed by atoms with Crippen LogP contribution >= 0.6 is 0 Å². The number of hydrogen-bond donors (Lipinski definition) is 1. The van der Waals surface area contributed by atoms with Crippen molar-refractivity contribution in [1.29, 1.82) is 0 Å². The SMILES string of the molecule is O=C(O)c1cccn1CC1CCS(=O)(=O)C1. The van der Waals surface area contributed by atoms with Crippen LogP contribution < -0.4 is 0 Å². The molecule has 0 spiro atoms. The van der Waals surface area contributed by atoms with E-state index in [0.29, 0.717) is 13.0 Å². The number of hydrogen-bond acceptors (Lipinski definition) is 3. The Balaban J connectivity index is 2.11. The third-order valence-electron chi connectivity index (χ3n) is 2.83. The Kier molecular flexibility index (Phi) is 2.75. The molecule has 5 nitrogen and oxygen atoms in total. The van der Waals surface area contributed by atoms with Crippen LogP contribution in [0.2, 0.25) is 0 Å². The van der Waals surface area contributed by atoms with E-state index in [1.807, 2.05) is 0 Å². The molecule has 1 aliphatic heterocycles. The number of carboxylic acids is 1. The maximum Gasteiger partial charge on any atom is 0.352 e. The molecule has 1 N–H and O–H groups in total. The summed E-state index contributed by atoms with van der Waals surface area (Å²) in [7, 11) is -2.89. The molecule has 1 aromatic rings. The number of carbonyl (C=O) groups is 1. The lowest BCUT2D eigenvalue weighted by Crippen LogP contribution is -2.15. The summed E-state index contributed by atoms with van der Waals surface area (Å²) in [5.41, 5.74) is 0.212. The van der Waals surface area contributed by atoms with E-state index < -0.39 is 15.8 Å². The van der Waals surface area contributed by atoms with E-state index >= 15 is 0 Å². The molecule has 1 unspecified atom stereocenters. The molecule has 2 rings (SSSR count). The topological polar surface area (TPSA) is 76.4 Å². The van der Waals surface area contributed by atoms with Crippen LogP contribution in [0.25, 0.3) is 0 Å². The zero-order chi connectivity index (χ0) is 11.8. The number of carboxylic acid groups (broad SMARTS) is 1. The third-order valence-corrected chi connectivity index (χ3v) is 4.67. The lowest BCUT2D eigenvalue weighted by Gasteiger charge is -2.10. The van der Waals surface area contributed by atoms with Crippen molar-refractivity contribution < 1.29 is 18.3 Å². The van der Waals surface area contributed by atoms with Gasteiger partial charge in [0.1, 0.15) is 5.69 Å². The normalized spacial score (nSPS) is 23.4. The van der Waals surface area contributed by atoms with Crippen molar-refractivity contribution in [3.63, 3.8) is 0 Å². The lowest BCUT2D eigenvalue weighted by atomic mass is 10.1. The van der Waals surface area contributed by atoms with Gasteiger partial charge in [0, 0.05) is 12.7 Å². The molecule has 0 aromatic carbocycles. The van der Waals surface area contributed by atoms with Gasteiger partial charge in [0.05, 0.1) is 11.5 Å². The van der Waals surface area contributed by atoms with Gasteiger partial charge < -0.3 is 9.67 Å². The highest BCUT2D eigenvalue weighted by Gasteiger charge is 2.28. The highest BCUT2D eigenvalue weighted by molar-refractivity contribution is 7.91. The van der Waals surface area contributed by atoms with E-state index in [1.54, 1.807) is 16.8 Å². The third kappa shape index (κ3) is 2.27. The van der Waals surface area contributed by atoms with E-state index in [9.17, 15) is 13.2 Å². The monoisotopic (exact) mass is 243 g/mol. The Morgan fingerprint density at radius 2 is 2.31 bits per heavy atom. The van der Waals surface area contributed by atoms with Gasteiger partial charge in [0.15, 0.2) is 9.84 Å². The molecule has 0 saturated carbocycles. The van der Waals surface area contributed by atoms with Crippen LogP contribution in [0, 0.1) is 5.92 Å². The Hall–Kier alpha value is -1.30. The highest BCUT2D eigenvalue weighted by Crippen LogP contribution is 2.21. The number of nitrogens with zero attached hydrogens (tertiary/aromatic N) is 1. The molecule has 1 aliphatic rings. The maximum atomic E-state index is 11.3. The van der Waals surface area contributed by atoms with Crippen LogP contribution in [0.1, 0.15) is 16.9 Å². The highest BCUT2D eigenvalue weighted by atomic mass is 32.2. The molecule has 1 atom stereocenters. The van der Waals surface area contributed by atoms with Gasteiger partial charge in [-0.05, 0) is 24.5 Å². The quantitative estimate of drug-likeness (QED) is 0.844. The summed E-state index contributed by atoms with van der Waals surface area (Å²) < 4.78 is 24.1. The van der Waals surface area contributed by atoms with Crippen LogP contribution in [-0.2, 0) is 16.4 Å². The summed E-state index contributed by atoms with van der Waals surface area (Å²) in [6.07, 6.45) is 2.30. The van der Waals surface area contributed by atoms with Gasteiger partial charge in [0.25, 0.3) is 0 Å². The standard InChI is InChI=1S/C10H13NO4S/c12-10(13)9-2-1-4-11(9)6-8-3-5-16(14,15)7-8/h1-2,4,8H,3,5-7H2,(H,12,13). The summed E-state index contributed by atoms with van der Waals surface area (Å²) in [6.45, 7) is 0.466. The van der Waals surface area contributed by atoms with E-state index in [0.717, 1.165) is 0 Å². The fourth-order valence-electron chi connectivity index (χ4n) is 2.06. The number of aromatic carboxylic acids is 1. The first-order valence-corrected chi connectivity index (χ1v) is 6.89. The van der Waals surface area contributed by atoms with E-state index in [1.165, 1.54) is 6.07 Å². The fraction of sp³-hybridized carbons (Fsp3) is 0.500. The second-order valence-corrected chi connectivity index (χ2v) is 6.35. The summed E-state index contributed by atoms with van der Waals surface area (Å²) in [6, 6.07) is 3.18. The Morgan fingerprint density at radius 3 is 2.88 bits per heavy atom. The van der Waals surface area contributed by atoms with E-state index in [4.69, 9.17) is 5.11 Å². The predicted octanol–water partition coefficient (Wildman–Crippen LogP) is 0.621. The van der Waals surface area contributed by atoms with Crippen LogP contribution in [0.15, 0.2) is 18.3 Å². The summed E-state index contributed by atoms with van der Waals surface area (Å²) >= 11 is 0. The van der Waals surface area contributed by atoms with Crippen LogP contribution in [-0.4, -0.2) is 35.6 Å². The van der Waals surface area contributed by atoms with Gasteiger partial charge in [0.2, 0.25) is 0 Å². The number of rotatable bonds is 3. The molecule has 0 bridgehead atoms. The van der Waals surface area contributed by atoms with Gasteiger partial charge in [-0.2, -0.15) is 0 Å². The van der Waals surface area contributed by atoms with Gasteiger partial charge in [-0.3, -0.25) is 0 Å². The molecular weight excluding hydrogens is 230 g/mol. The molecule has 0 radical (unpaired) electrons. The minimum atomic E-state index is -2.89. The van der Waals surface area contributed by atoms with Crippen molar-refractivity contribution in [3.8, 4) is 0 Å². The van der Waals surface area contributed by atoms with E-state index in [2.05, 4.69) is 0 Å². The molecule has 1 fully saturated rings. The average molecular weight is 243 g/mol. The summed E-state index contributed by atoms with van der Waals surface area (Å²) in [5, 5.41) is 8.89. The molecule has 1 aromatic heterocycles. The Morgan fingerprint density at radius 1 is 1.56 bits per heavy atom. The van der Waals surface area contributed by atoms with Gasteiger partial charge in [-0.1, -0.05) is 0 Å². The molecule has 0 amide bonds. The average Bonchev–Trinajstić information content (AvgIpc) is 2.73. The predicted molar refractivity (Wildman–Crippen MR) is 58.2 cm³/mol. The molecule has 88 valence electrons. The molecular formula is C10H13NO4S. The first kappa shape index (κ1) is 11.2. The molecule has 0 aliphatic carbocycles. The molecule has 16 heavy (non-hydrogen) atoms. The largest absolute Gasteiger partial charge is 0.477 e. The van der Waals surface area contributed by atoms with Crippen molar-refractivity contribution in [1.82, 2.24) is 4.57 Å². The maximum absolute atomic E-state index is 11.3. The Labute approximate surface area is 93.6 Å². The zero-order valence-electron chi connectivity index (χ0n) is 8.67. The van der Waals surface area contributed by atoms with Crippen LogP contribution in [0.5, 0.6) is 0 Å². The van der Waals surface area contributed by atoms with Gasteiger partial charge in [-0.15, -0.1) is 0 Å². The first-order valence-electron chi connectivity index (χ1n) is 5.07. The molecule has 6 heteroatoms. The zero-order valence-corrected chi connectivity index (χ0v) is 9.48. The van der Waals surface area contributed by atoms with Crippen LogP contribution in [0.3, 0.4) is 0 Å². The van der Waals surface area contributed by atoms with Crippen molar-refractivity contribution in [3.05, 3.63) is 24.0 Å². The van der Waals surface area contributed by atoms with Crippen LogP contribution in [0.4, 0.5) is 0 Å². The minimum absolute atomic E-state index is 0.0375. The van der Waals surface area contributed by atoms with E-state index in [-0.39, 0.29) is 23.1 Å². The summed E-state index contributed by atoms with van der Waals surface area (Å²) in [5.74, 6) is -0.549. The number of sulfone groups is 1. The Bertz CT molecular complexity index is 503. The molecule has 2 heterocycles. The van der Waals surface area contributed by atoms with Gasteiger partial charge >= 0.3 is 5.97 Å². The van der Waals surface area contributed by atoms with Gasteiger partial charge in [-0.25, -0.2) is 13.2 Å². The summed E-state index contributed by atoms with van der Waals surface area (Å²) in [4.78, 5) is 10.8. The fourth-order valence-corrected chi connectivity index (χ4v) is 3.91. The smallest absolute Gasteiger partial charge is 0.352 e. The second-order valence-electron chi connectivity index (χ2n) is 4.12. The van der Waals surface area contributed by atoms with Crippen molar-refractivity contribution in [2.45, 2.75) is 13.0 Å². The first-order chi connectivity index (χ1) is 7.48. The lowest BCUT2D eigenvalue weighted by molar-refractivity contribution is 0.0684.